The second kappa shape index (κ2) is 8.25. The molecule has 2 heterocycles. The van der Waals surface area contributed by atoms with E-state index >= 15 is 0 Å². The Morgan fingerprint density at radius 2 is 1.96 bits per heavy atom. The highest BCUT2D eigenvalue weighted by molar-refractivity contribution is 7.10. The number of thiophene rings is 1. The van der Waals surface area contributed by atoms with Gasteiger partial charge >= 0.3 is 0 Å². The molecule has 1 fully saturated rings. The maximum Gasteiger partial charge on any atom is 0.227 e. The molecular formula is C20H23NO2S. The van der Waals surface area contributed by atoms with Crippen molar-refractivity contribution in [1.29, 1.82) is 0 Å². The number of likely N-dealkylation sites (tertiary alicyclic amines) is 1. The van der Waals surface area contributed by atoms with Crippen LogP contribution in [0.15, 0.2) is 47.8 Å². The third kappa shape index (κ3) is 4.54. The van der Waals surface area contributed by atoms with E-state index in [1.165, 1.54) is 5.56 Å². The number of carbonyl (C=O) groups excluding carboxylic acids is 2. The maximum absolute atomic E-state index is 12.5. The molecule has 1 aliphatic heterocycles. The summed E-state index contributed by atoms with van der Waals surface area (Å²) in [5.74, 6) is 0.459. The minimum absolute atomic E-state index is 0.00903. The fraction of sp³-hybridized carbons (Fsp3) is 0.400. The van der Waals surface area contributed by atoms with Crippen LogP contribution in [0.2, 0.25) is 0 Å². The van der Waals surface area contributed by atoms with Gasteiger partial charge in [-0.25, -0.2) is 0 Å². The van der Waals surface area contributed by atoms with E-state index in [1.54, 1.807) is 11.3 Å². The van der Waals surface area contributed by atoms with Crippen LogP contribution in [-0.4, -0.2) is 29.7 Å². The first-order chi connectivity index (χ1) is 11.7. The normalized spacial score (nSPS) is 17.7. The van der Waals surface area contributed by atoms with Gasteiger partial charge in [-0.05, 0) is 36.3 Å². The Morgan fingerprint density at radius 3 is 2.71 bits per heavy atom. The van der Waals surface area contributed by atoms with E-state index in [0.717, 1.165) is 30.7 Å². The van der Waals surface area contributed by atoms with E-state index < -0.39 is 0 Å². The van der Waals surface area contributed by atoms with Crippen LogP contribution in [0.5, 0.6) is 0 Å². The third-order valence-corrected chi connectivity index (χ3v) is 5.51. The number of amides is 1. The first-order valence-electron chi connectivity index (χ1n) is 8.59. The highest BCUT2D eigenvalue weighted by Crippen LogP contribution is 2.21. The van der Waals surface area contributed by atoms with Gasteiger partial charge in [-0.2, -0.15) is 0 Å². The lowest BCUT2D eigenvalue weighted by Crippen LogP contribution is -2.43. The molecule has 3 rings (SSSR count). The molecule has 4 heteroatoms. The van der Waals surface area contributed by atoms with Crippen LogP contribution in [0.4, 0.5) is 0 Å². The van der Waals surface area contributed by atoms with Crippen molar-refractivity contribution in [1.82, 2.24) is 4.90 Å². The van der Waals surface area contributed by atoms with Gasteiger partial charge in [0.15, 0.2) is 0 Å². The predicted octanol–water partition coefficient (Wildman–Crippen LogP) is 3.73. The van der Waals surface area contributed by atoms with Crippen molar-refractivity contribution in [2.24, 2.45) is 5.92 Å². The lowest BCUT2D eigenvalue weighted by Gasteiger charge is -2.32. The monoisotopic (exact) mass is 341 g/mol. The topological polar surface area (TPSA) is 37.4 Å². The Kier molecular flexibility index (Phi) is 5.81. The zero-order valence-corrected chi connectivity index (χ0v) is 14.6. The molecule has 0 aliphatic carbocycles. The van der Waals surface area contributed by atoms with Gasteiger partial charge in [-0.1, -0.05) is 36.4 Å². The van der Waals surface area contributed by atoms with E-state index in [2.05, 4.69) is 12.1 Å². The number of nitrogens with zero attached hydrogens (tertiary/aromatic N) is 1. The highest BCUT2D eigenvalue weighted by atomic mass is 32.1. The number of Topliss-reactive ketones (excluding diaryl/α,β-unsaturated/α-hetero) is 1. The van der Waals surface area contributed by atoms with Crippen LogP contribution in [0.3, 0.4) is 0 Å². The molecule has 24 heavy (non-hydrogen) atoms. The second-order valence-electron chi connectivity index (χ2n) is 6.39. The largest absolute Gasteiger partial charge is 0.342 e. The number of benzene rings is 1. The Morgan fingerprint density at radius 1 is 1.12 bits per heavy atom. The summed E-state index contributed by atoms with van der Waals surface area (Å²) in [4.78, 5) is 27.9. The van der Waals surface area contributed by atoms with Crippen molar-refractivity contribution in [2.45, 2.75) is 32.1 Å². The smallest absolute Gasteiger partial charge is 0.227 e. The Bertz CT molecular complexity index is 666. The number of hydrogen-bond acceptors (Lipinski definition) is 3. The van der Waals surface area contributed by atoms with Crippen molar-refractivity contribution >= 4 is 23.0 Å². The van der Waals surface area contributed by atoms with E-state index in [9.17, 15) is 9.59 Å². The quantitative estimate of drug-likeness (QED) is 0.803. The number of piperidine rings is 1. The van der Waals surface area contributed by atoms with Gasteiger partial charge in [0.25, 0.3) is 0 Å². The molecule has 1 amide bonds. The number of rotatable bonds is 6. The van der Waals surface area contributed by atoms with E-state index in [4.69, 9.17) is 0 Å². The molecule has 1 atom stereocenters. The third-order valence-electron chi connectivity index (χ3n) is 4.64. The Hall–Kier alpha value is -1.94. The molecule has 0 radical (unpaired) electrons. The van der Waals surface area contributed by atoms with Gasteiger partial charge in [-0.3, -0.25) is 9.59 Å². The molecule has 1 aliphatic rings. The number of carbonyl (C=O) groups is 2. The molecule has 1 unspecified atom stereocenters. The van der Waals surface area contributed by atoms with E-state index in [1.807, 2.05) is 40.6 Å². The molecule has 2 aromatic rings. The van der Waals surface area contributed by atoms with E-state index in [0.29, 0.717) is 25.2 Å². The molecule has 0 spiro atoms. The zero-order valence-electron chi connectivity index (χ0n) is 13.8. The van der Waals surface area contributed by atoms with Gasteiger partial charge in [0.1, 0.15) is 5.78 Å². The summed E-state index contributed by atoms with van der Waals surface area (Å²) in [5.41, 5.74) is 1.20. The van der Waals surface area contributed by atoms with Gasteiger partial charge in [0, 0.05) is 30.3 Å². The van der Waals surface area contributed by atoms with Gasteiger partial charge < -0.3 is 4.90 Å². The Balaban J connectivity index is 1.51. The lowest BCUT2D eigenvalue weighted by molar-refractivity contribution is -0.134. The minimum atomic E-state index is 0.00903. The lowest BCUT2D eigenvalue weighted by atomic mass is 9.90. The van der Waals surface area contributed by atoms with Gasteiger partial charge in [-0.15, -0.1) is 11.3 Å². The average molecular weight is 341 g/mol. The maximum atomic E-state index is 12.5. The molecule has 126 valence electrons. The van der Waals surface area contributed by atoms with Crippen LogP contribution in [0.1, 0.15) is 29.7 Å². The first-order valence-corrected chi connectivity index (χ1v) is 9.47. The molecule has 1 aromatic carbocycles. The second-order valence-corrected chi connectivity index (χ2v) is 7.42. The molecular weight excluding hydrogens is 318 g/mol. The van der Waals surface area contributed by atoms with Crippen LogP contribution in [-0.2, 0) is 22.4 Å². The van der Waals surface area contributed by atoms with E-state index in [-0.39, 0.29) is 11.8 Å². The van der Waals surface area contributed by atoms with Crippen molar-refractivity contribution in [3.05, 3.63) is 58.3 Å². The Labute approximate surface area is 147 Å². The van der Waals surface area contributed by atoms with Crippen molar-refractivity contribution < 1.29 is 9.59 Å². The summed E-state index contributed by atoms with van der Waals surface area (Å²) in [6.45, 7) is 1.38. The first kappa shape index (κ1) is 16.9. The SMILES string of the molecule is O=C(CCc1ccccc1)C1CCCN(C(=O)Cc2cccs2)C1. The van der Waals surface area contributed by atoms with Crippen LogP contribution < -0.4 is 0 Å². The van der Waals surface area contributed by atoms with Gasteiger partial charge in [0.2, 0.25) is 5.91 Å². The molecule has 0 saturated carbocycles. The predicted molar refractivity (Wildman–Crippen MR) is 97.1 cm³/mol. The highest BCUT2D eigenvalue weighted by Gasteiger charge is 2.28. The van der Waals surface area contributed by atoms with Gasteiger partial charge in [0.05, 0.1) is 6.42 Å². The summed E-state index contributed by atoms with van der Waals surface area (Å²) >= 11 is 1.61. The summed E-state index contributed by atoms with van der Waals surface area (Å²) in [7, 11) is 0. The number of aryl methyl sites for hydroxylation is 1. The fourth-order valence-electron chi connectivity index (χ4n) is 3.26. The van der Waals surface area contributed by atoms with Crippen LogP contribution >= 0.6 is 11.3 Å². The van der Waals surface area contributed by atoms with Crippen molar-refractivity contribution in [3.63, 3.8) is 0 Å². The molecule has 0 bridgehead atoms. The molecule has 1 aromatic heterocycles. The molecule has 1 saturated heterocycles. The molecule has 0 N–H and O–H groups in total. The summed E-state index contributed by atoms with van der Waals surface area (Å²) in [6, 6.07) is 14.1. The van der Waals surface area contributed by atoms with Crippen molar-refractivity contribution in [3.8, 4) is 0 Å². The van der Waals surface area contributed by atoms with Crippen LogP contribution in [0, 0.1) is 5.92 Å². The summed E-state index contributed by atoms with van der Waals surface area (Å²) in [5, 5.41) is 1.99. The fourth-order valence-corrected chi connectivity index (χ4v) is 3.95. The van der Waals surface area contributed by atoms with Crippen molar-refractivity contribution in [2.75, 3.05) is 13.1 Å². The molecule has 3 nitrogen and oxygen atoms in total. The number of ketones is 1. The zero-order chi connectivity index (χ0) is 16.8. The summed E-state index contributed by atoms with van der Waals surface area (Å²) < 4.78 is 0. The average Bonchev–Trinajstić information content (AvgIpc) is 3.13. The number of hydrogen-bond donors (Lipinski definition) is 0. The summed E-state index contributed by atoms with van der Waals surface area (Å²) in [6.07, 6.45) is 3.66. The standard InChI is InChI=1S/C20H23NO2S/c22-19(11-10-16-6-2-1-3-7-16)17-8-4-12-21(15-17)20(23)14-18-9-5-13-24-18/h1-3,5-7,9,13,17H,4,8,10-12,14-15H2. The van der Waals surface area contributed by atoms with Crippen LogP contribution in [0.25, 0.3) is 0 Å². The minimum Gasteiger partial charge on any atom is -0.342 e.